The van der Waals surface area contributed by atoms with Crippen LogP contribution in [0.3, 0.4) is 0 Å². The van der Waals surface area contributed by atoms with E-state index in [1.807, 2.05) is 0 Å². The molecule has 0 spiro atoms. The zero-order valence-electron chi connectivity index (χ0n) is 10.9. The third-order valence-corrected chi connectivity index (χ3v) is 3.47. The van der Waals surface area contributed by atoms with Crippen molar-refractivity contribution < 1.29 is 9.13 Å². The van der Waals surface area contributed by atoms with Crippen LogP contribution >= 0.6 is 0 Å². The average molecular weight is 252 g/mol. The second kappa shape index (κ2) is 6.71. The molecule has 3 nitrogen and oxygen atoms in total. The molecule has 0 radical (unpaired) electrons. The molecule has 0 atom stereocenters. The normalized spacial score (nSPS) is 17.9. The Morgan fingerprint density at radius 3 is 2.56 bits per heavy atom. The van der Waals surface area contributed by atoms with Crippen molar-refractivity contribution in [2.24, 2.45) is 0 Å². The first-order valence-corrected chi connectivity index (χ1v) is 6.52. The third-order valence-electron chi connectivity index (χ3n) is 3.47. The van der Waals surface area contributed by atoms with Gasteiger partial charge in [-0.15, -0.1) is 0 Å². The molecular weight excluding hydrogens is 231 g/mol. The molecule has 100 valence electrons. The van der Waals surface area contributed by atoms with Gasteiger partial charge in [0.15, 0.2) is 0 Å². The van der Waals surface area contributed by atoms with Crippen LogP contribution in [-0.4, -0.2) is 44.3 Å². The van der Waals surface area contributed by atoms with Crippen LogP contribution in [0.25, 0.3) is 0 Å². The van der Waals surface area contributed by atoms with Crippen molar-refractivity contribution >= 4 is 5.69 Å². The van der Waals surface area contributed by atoms with E-state index in [0.29, 0.717) is 6.10 Å². The number of hydrogen-bond donors (Lipinski definition) is 1. The molecule has 0 unspecified atom stereocenters. The Morgan fingerprint density at radius 1 is 1.28 bits per heavy atom. The highest BCUT2D eigenvalue weighted by Gasteiger charge is 2.17. The van der Waals surface area contributed by atoms with E-state index in [0.717, 1.165) is 44.7 Å². The molecule has 1 aliphatic rings. The Balaban J connectivity index is 1.65. The molecule has 0 saturated carbocycles. The van der Waals surface area contributed by atoms with Gasteiger partial charge in [-0.25, -0.2) is 4.39 Å². The summed E-state index contributed by atoms with van der Waals surface area (Å²) in [5, 5.41) is 3.30. The maximum Gasteiger partial charge on any atom is 0.123 e. The molecular formula is C14H21FN2O. The van der Waals surface area contributed by atoms with Crippen LogP contribution in [0.1, 0.15) is 12.8 Å². The Labute approximate surface area is 108 Å². The molecule has 0 bridgehead atoms. The number of piperidine rings is 1. The number of benzene rings is 1. The molecule has 1 aliphatic heterocycles. The summed E-state index contributed by atoms with van der Waals surface area (Å²) in [5.41, 5.74) is 0.975. The molecule has 0 amide bonds. The van der Waals surface area contributed by atoms with Gasteiger partial charge in [0.2, 0.25) is 0 Å². The number of halogens is 1. The summed E-state index contributed by atoms with van der Waals surface area (Å²) in [7, 11) is 1.79. The fraction of sp³-hybridized carbons (Fsp3) is 0.571. The summed E-state index contributed by atoms with van der Waals surface area (Å²) in [5.74, 6) is -0.192. The van der Waals surface area contributed by atoms with Gasteiger partial charge in [-0.2, -0.15) is 0 Å². The van der Waals surface area contributed by atoms with E-state index in [9.17, 15) is 4.39 Å². The molecule has 0 aromatic heterocycles. The molecule has 1 N–H and O–H groups in total. The monoisotopic (exact) mass is 252 g/mol. The quantitative estimate of drug-likeness (QED) is 0.870. The lowest BCUT2D eigenvalue weighted by Gasteiger charge is -2.31. The summed E-state index contributed by atoms with van der Waals surface area (Å²) < 4.78 is 18.1. The van der Waals surface area contributed by atoms with Crippen molar-refractivity contribution in [3.8, 4) is 0 Å². The Bertz CT molecular complexity index is 347. The number of ether oxygens (including phenoxy) is 1. The van der Waals surface area contributed by atoms with E-state index in [4.69, 9.17) is 4.74 Å². The van der Waals surface area contributed by atoms with Crippen LogP contribution < -0.4 is 5.32 Å². The first-order valence-electron chi connectivity index (χ1n) is 6.52. The minimum atomic E-state index is -0.192. The van der Waals surface area contributed by atoms with Crippen LogP contribution in [0.5, 0.6) is 0 Å². The van der Waals surface area contributed by atoms with E-state index < -0.39 is 0 Å². The Kier molecular flexibility index (Phi) is 4.96. The molecule has 1 aromatic carbocycles. The molecule has 1 fully saturated rings. The number of likely N-dealkylation sites (tertiary alicyclic amines) is 1. The minimum absolute atomic E-state index is 0.192. The second-order valence-electron chi connectivity index (χ2n) is 4.71. The lowest BCUT2D eigenvalue weighted by molar-refractivity contribution is 0.0423. The summed E-state index contributed by atoms with van der Waals surface area (Å²) in [6, 6.07) is 6.50. The SMILES string of the molecule is COC1CCN(CCNc2ccc(F)cc2)CC1. The van der Waals surface area contributed by atoms with E-state index in [1.54, 1.807) is 19.2 Å². The molecule has 1 aromatic rings. The van der Waals surface area contributed by atoms with Gasteiger partial charge < -0.3 is 15.0 Å². The van der Waals surface area contributed by atoms with Crippen molar-refractivity contribution in [2.45, 2.75) is 18.9 Å². The maximum absolute atomic E-state index is 12.7. The van der Waals surface area contributed by atoms with E-state index in [2.05, 4.69) is 10.2 Å². The number of rotatable bonds is 5. The Hall–Kier alpha value is -1.13. The fourth-order valence-corrected chi connectivity index (χ4v) is 2.29. The first kappa shape index (κ1) is 13.3. The summed E-state index contributed by atoms with van der Waals surface area (Å²) in [6.07, 6.45) is 2.67. The number of nitrogens with zero attached hydrogens (tertiary/aromatic N) is 1. The zero-order valence-corrected chi connectivity index (χ0v) is 10.9. The number of methoxy groups -OCH3 is 1. The fourth-order valence-electron chi connectivity index (χ4n) is 2.29. The van der Waals surface area contributed by atoms with E-state index >= 15 is 0 Å². The van der Waals surface area contributed by atoms with Gasteiger partial charge in [-0.3, -0.25) is 0 Å². The predicted octanol–water partition coefficient (Wildman–Crippen LogP) is 2.35. The number of anilines is 1. The topological polar surface area (TPSA) is 24.5 Å². The van der Waals surface area contributed by atoms with Crippen molar-refractivity contribution in [1.82, 2.24) is 4.90 Å². The van der Waals surface area contributed by atoms with Crippen LogP contribution in [0.15, 0.2) is 24.3 Å². The van der Waals surface area contributed by atoms with Crippen molar-refractivity contribution in [1.29, 1.82) is 0 Å². The van der Waals surface area contributed by atoms with Gasteiger partial charge in [-0.1, -0.05) is 0 Å². The van der Waals surface area contributed by atoms with Gasteiger partial charge in [0.25, 0.3) is 0 Å². The van der Waals surface area contributed by atoms with Crippen LogP contribution in [0.4, 0.5) is 10.1 Å². The molecule has 4 heteroatoms. The molecule has 2 rings (SSSR count). The van der Waals surface area contributed by atoms with Crippen molar-refractivity contribution in [2.75, 3.05) is 38.6 Å². The standard InChI is InChI=1S/C14H21FN2O/c1-18-14-6-9-17(10-7-14)11-8-16-13-4-2-12(15)3-5-13/h2-5,14,16H,6-11H2,1H3. The van der Waals surface area contributed by atoms with E-state index in [-0.39, 0.29) is 5.82 Å². The van der Waals surface area contributed by atoms with Crippen LogP contribution in [0.2, 0.25) is 0 Å². The highest BCUT2D eigenvalue weighted by molar-refractivity contribution is 5.42. The number of hydrogen-bond acceptors (Lipinski definition) is 3. The van der Waals surface area contributed by atoms with Gasteiger partial charge in [0, 0.05) is 39.0 Å². The zero-order chi connectivity index (χ0) is 12.8. The summed E-state index contributed by atoms with van der Waals surface area (Å²) in [4.78, 5) is 2.44. The smallest absolute Gasteiger partial charge is 0.123 e. The second-order valence-corrected chi connectivity index (χ2v) is 4.71. The third kappa shape index (κ3) is 3.96. The van der Waals surface area contributed by atoms with Crippen LogP contribution in [0, 0.1) is 5.82 Å². The van der Waals surface area contributed by atoms with Crippen molar-refractivity contribution in [3.63, 3.8) is 0 Å². The van der Waals surface area contributed by atoms with Gasteiger partial charge >= 0.3 is 0 Å². The highest BCUT2D eigenvalue weighted by Crippen LogP contribution is 2.12. The summed E-state index contributed by atoms with van der Waals surface area (Å²) >= 11 is 0. The molecule has 0 aliphatic carbocycles. The maximum atomic E-state index is 12.7. The van der Waals surface area contributed by atoms with Gasteiger partial charge in [0.05, 0.1) is 6.10 Å². The predicted molar refractivity (Wildman–Crippen MR) is 71.4 cm³/mol. The van der Waals surface area contributed by atoms with E-state index in [1.165, 1.54) is 12.1 Å². The molecule has 18 heavy (non-hydrogen) atoms. The first-order chi connectivity index (χ1) is 8.78. The number of nitrogens with one attached hydrogen (secondary N) is 1. The highest BCUT2D eigenvalue weighted by atomic mass is 19.1. The lowest BCUT2D eigenvalue weighted by atomic mass is 10.1. The minimum Gasteiger partial charge on any atom is -0.384 e. The Morgan fingerprint density at radius 2 is 1.94 bits per heavy atom. The van der Waals surface area contributed by atoms with Gasteiger partial charge in [-0.05, 0) is 37.1 Å². The van der Waals surface area contributed by atoms with Crippen molar-refractivity contribution in [3.05, 3.63) is 30.1 Å². The molecule has 1 heterocycles. The molecule has 1 saturated heterocycles. The van der Waals surface area contributed by atoms with Crippen LogP contribution in [-0.2, 0) is 4.74 Å². The average Bonchev–Trinajstić information content (AvgIpc) is 2.42. The largest absolute Gasteiger partial charge is 0.384 e. The lowest BCUT2D eigenvalue weighted by Crippen LogP contribution is -2.39. The van der Waals surface area contributed by atoms with Gasteiger partial charge in [0.1, 0.15) is 5.82 Å². The summed E-state index contributed by atoms with van der Waals surface area (Å²) in [6.45, 7) is 4.12.